The van der Waals surface area contributed by atoms with E-state index >= 15 is 0 Å². The zero-order valence-electron chi connectivity index (χ0n) is 22.2. The van der Waals surface area contributed by atoms with E-state index in [1.54, 1.807) is 7.05 Å². The second kappa shape index (κ2) is 10.5. The van der Waals surface area contributed by atoms with Crippen LogP contribution < -0.4 is 11.1 Å². The highest BCUT2D eigenvalue weighted by Crippen LogP contribution is 2.42. The van der Waals surface area contributed by atoms with Crippen molar-refractivity contribution in [1.29, 1.82) is 0 Å². The number of Topliss-reactive ketones (excluding diaryl/α,β-unsaturated/α-hetero) is 1. The molecule has 1 fully saturated rings. The minimum Gasteiger partial charge on any atom is -0.446 e. The third-order valence-corrected chi connectivity index (χ3v) is 7.28. The van der Waals surface area contributed by atoms with Crippen LogP contribution in [0.5, 0.6) is 0 Å². The normalized spacial score (nSPS) is 20.7. The van der Waals surface area contributed by atoms with Crippen molar-refractivity contribution in [2.24, 2.45) is 11.1 Å². The van der Waals surface area contributed by atoms with Crippen LogP contribution >= 0.6 is 0 Å². The molecular weight excluding hydrogens is 515 g/mol. The van der Waals surface area contributed by atoms with Gasteiger partial charge in [-0.15, -0.1) is 0 Å². The Kier molecular flexibility index (Phi) is 7.68. The molecule has 2 amide bonds. The first-order valence-electron chi connectivity index (χ1n) is 12.8. The molecule has 1 aromatic heterocycles. The summed E-state index contributed by atoms with van der Waals surface area (Å²) in [6.45, 7) is 7.60. The third-order valence-electron chi connectivity index (χ3n) is 7.28. The highest BCUT2D eigenvalue weighted by Gasteiger charge is 2.45. The van der Waals surface area contributed by atoms with E-state index in [1.165, 1.54) is 23.1 Å². The maximum Gasteiger partial charge on any atom is 0.435 e. The summed E-state index contributed by atoms with van der Waals surface area (Å²) in [7, 11) is 1.60. The van der Waals surface area contributed by atoms with Crippen molar-refractivity contribution in [3.05, 3.63) is 47.6 Å². The number of amides is 2. The van der Waals surface area contributed by atoms with E-state index in [9.17, 15) is 27.6 Å². The van der Waals surface area contributed by atoms with Gasteiger partial charge in [-0.05, 0) is 62.6 Å². The minimum atomic E-state index is -4.80. The second-order valence-electron chi connectivity index (χ2n) is 11.0. The van der Waals surface area contributed by atoms with E-state index in [-0.39, 0.29) is 48.5 Å². The number of hydrogen-bond acceptors (Lipinski definition) is 6. The first-order chi connectivity index (χ1) is 18.2. The van der Waals surface area contributed by atoms with Crippen LogP contribution in [0.25, 0.3) is 5.69 Å². The summed E-state index contributed by atoms with van der Waals surface area (Å²) in [5.41, 5.74) is 4.46. The number of alkyl halides is 3. The molecule has 0 atom stereocenters. The standard InChI is InChI=1S/C27H33F3N5O4/c1-5-34(4)25(38)39-17-9-6-15(7-10-17)32-19-12-16(8-11-18(19)24(31)37)35-20-13-26(2,3)14-21(36)22(20)23(33-35)27(28,29)30/h8,11-12,15,17,32H,1,5-7,9-10,13-14H2,2-4H3,(H2,31,37). The topological polar surface area (TPSA) is 120 Å². The maximum absolute atomic E-state index is 13.9. The number of rotatable bonds is 6. The molecule has 0 bridgehead atoms. The fourth-order valence-corrected chi connectivity index (χ4v) is 5.23. The number of ether oxygens (including phenoxy) is 1. The van der Waals surface area contributed by atoms with E-state index < -0.39 is 40.6 Å². The summed E-state index contributed by atoms with van der Waals surface area (Å²) < 4.78 is 48.3. The molecule has 2 aliphatic rings. The molecule has 211 valence electrons. The average molecular weight is 549 g/mol. The molecule has 2 aromatic rings. The number of nitrogens with one attached hydrogen (secondary N) is 1. The van der Waals surface area contributed by atoms with Crippen molar-refractivity contribution in [1.82, 2.24) is 14.7 Å². The van der Waals surface area contributed by atoms with E-state index in [2.05, 4.69) is 17.3 Å². The Morgan fingerprint density at radius 3 is 2.49 bits per heavy atom. The van der Waals surface area contributed by atoms with E-state index in [4.69, 9.17) is 10.5 Å². The van der Waals surface area contributed by atoms with Crippen LogP contribution in [-0.2, 0) is 17.3 Å². The second-order valence-corrected chi connectivity index (χ2v) is 11.0. The van der Waals surface area contributed by atoms with Crippen LogP contribution in [0, 0.1) is 12.3 Å². The van der Waals surface area contributed by atoms with Crippen molar-refractivity contribution in [2.75, 3.05) is 18.9 Å². The molecule has 39 heavy (non-hydrogen) atoms. The fraction of sp³-hybridized carbons (Fsp3) is 0.519. The highest BCUT2D eigenvalue weighted by molar-refractivity contribution is 6.00. The van der Waals surface area contributed by atoms with Crippen molar-refractivity contribution >= 4 is 23.5 Å². The molecule has 3 N–H and O–H groups in total. The number of hydrogen-bond donors (Lipinski definition) is 2. The number of anilines is 1. The first-order valence-corrected chi connectivity index (χ1v) is 12.8. The molecule has 0 unspecified atom stereocenters. The number of nitrogens with two attached hydrogens (primary N) is 1. The van der Waals surface area contributed by atoms with Gasteiger partial charge >= 0.3 is 12.3 Å². The molecule has 9 nitrogen and oxygen atoms in total. The maximum atomic E-state index is 13.9. The van der Waals surface area contributed by atoms with Crippen molar-refractivity contribution < 1.29 is 32.3 Å². The fourth-order valence-electron chi connectivity index (χ4n) is 5.23. The molecule has 0 spiro atoms. The average Bonchev–Trinajstić information content (AvgIpc) is 3.23. The number of aromatic nitrogens is 2. The summed E-state index contributed by atoms with van der Waals surface area (Å²) >= 11 is 0. The van der Waals surface area contributed by atoms with Crippen LogP contribution in [0.1, 0.15) is 78.1 Å². The summed E-state index contributed by atoms with van der Waals surface area (Å²) in [6, 6.07) is 4.37. The van der Waals surface area contributed by atoms with Gasteiger partial charge in [0.15, 0.2) is 11.5 Å². The lowest BCUT2D eigenvalue weighted by molar-refractivity contribution is -0.141. The van der Waals surface area contributed by atoms with Gasteiger partial charge in [-0.3, -0.25) is 9.59 Å². The number of halogens is 3. The smallest absolute Gasteiger partial charge is 0.435 e. The molecule has 1 heterocycles. The molecule has 0 aliphatic heterocycles. The Balaban J connectivity index is 1.62. The Hall–Kier alpha value is -3.57. The Bertz CT molecular complexity index is 1280. The lowest BCUT2D eigenvalue weighted by atomic mass is 9.75. The van der Waals surface area contributed by atoms with Gasteiger partial charge in [0.2, 0.25) is 0 Å². The van der Waals surface area contributed by atoms with Gasteiger partial charge in [-0.1, -0.05) is 13.8 Å². The van der Waals surface area contributed by atoms with Gasteiger partial charge in [-0.2, -0.15) is 18.3 Å². The first kappa shape index (κ1) is 28.4. The van der Waals surface area contributed by atoms with E-state index in [1.807, 2.05) is 13.8 Å². The molecule has 1 aromatic carbocycles. The lowest BCUT2D eigenvalue weighted by Gasteiger charge is -2.31. The number of carbonyl (C=O) groups is 3. The zero-order chi connectivity index (χ0) is 28.7. The van der Waals surface area contributed by atoms with Gasteiger partial charge in [0.1, 0.15) is 6.10 Å². The summed E-state index contributed by atoms with van der Waals surface area (Å²) in [5, 5.41) is 7.14. The van der Waals surface area contributed by atoms with Gasteiger partial charge in [-0.25, -0.2) is 9.48 Å². The van der Waals surface area contributed by atoms with Gasteiger partial charge in [0.05, 0.1) is 22.5 Å². The molecule has 1 radical (unpaired) electrons. The predicted octanol–water partition coefficient (Wildman–Crippen LogP) is 4.77. The Labute approximate surface area is 224 Å². The van der Waals surface area contributed by atoms with Crippen molar-refractivity contribution in [3.8, 4) is 5.69 Å². The predicted molar refractivity (Wildman–Crippen MR) is 138 cm³/mol. The molecule has 0 saturated heterocycles. The lowest BCUT2D eigenvalue weighted by Crippen LogP contribution is -2.35. The van der Waals surface area contributed by atoms with Crippen molar-refractivity contribution in [2.45, 2.75) is 70.7 Å². The van der Waals surface area contributed by atoms with Crippen LogP contribution in [0.2, 0.25) is 0 Å². The monoisotopic (exact) mass is 548 g/mol. The molecule has 4 rings (SSSR count). The minimum absolute atomic E-state index is 0.00814. The Morgan fingerprint density at radius 2 is 1.90 bits per heavy atom. The van der Waals surface area contributed by atoms with Gasteiger partial charge in [0.25, 0.3) is 5.91 Å². The summed E-state index contributed by atoms with van der Waals surface area (Å²) in [6.07, 6.45) is -2.81. The number of primary amides is 1. The van der Waals surface area contributed by atoms with E-state index in [0.29, 0.717) is 31.4 Å². The SMILES string of the molecule is [CH2]CN(C)C(=O)OC1CCC(Nc2cc(-n3nc(C(F)(F)F)c4c3CC(C)(C)CC4=O)ccc2C(N)=O)CC1. The Morgan fingerprint density at radius 1 is 1.23 bits per heavy atom. The molecule has 1 saturated carbocycles. The van der Waals surface area contributed by atoms with Crippen LogP contribution in [-0.4, -0.2) is 58.2 Å². The number of nitrogens with zero attached hydrogens (tertiary/aromatic N) is 3. The van der Waals surface area contributed by atoms with E-state index in [0.717, 1.165) is 4.68 Å². The van der Waals surface area contributed by atoms with Crippen LogP contribution in [0.4, 0.5) is 23.7 Å². The number of carbonyl (C=O) groups excluding carboxylic acids is 3. The number of fused-ring (bicyclic) bond motifs is 1. The third kappa shape index (κ3) is 6.04. The van der Waals surface area contributed by atoms with Crippen LogP contribution in [0.3, 0.4) is 0 Å². The summed E-state index contributed by atoms with van der Waals surface area (Å²) in [5.74, 6) is -1.29. The quantitative estimate of drug-likeness (QED) is 0.537. The summed E-state index contributed by atoms with van der Waals surface area (Å²) in [4.78, 5) is 38.3. The van der Waals surface area contributed by atoms with Gasteiger partial charge in [0, 0.05) is 31.7 Å². The van der Waals surface area contributed by atoms with Crippen LogP contribution in [0.15, 0.2) is 18.2 Å². The molecule has 2 aliphatic carbocycles. The molecular formula is C27H33F3N5O4. The number of ketones is 1. The number of benzene rings is 1. The zero-order valence-corrected chi connectivity index (χ0v) is 22.2. The van der Waals surface area contributed by atoms with Crippen molar-refractivity contribution in [3.63, 3.8) is 0 Å². The highest BCUT2D eigenvalue weighted by atomic mass is 19.4. The van der Waals surface area contributed by atoms with Gasteiger partial charge < -0.3 is 20.7 Å². The molecule has 12 heteroatoms. The largest absolute Gasteiger partial charge is 0.446 e.